The summed E-state index contributed by atoms with van der Waals surface area (Å²) < 4.78 is 2.76. The molecule has 236 valence electrons. The highest BCUT2D eigenvalue weighted by Crippen LogP contribution is 2.41. The molecule has 0 aliphatic rings. The van der Waals surface area contributed by atoms with Gasteiger partial charge in [-0.3, -0.25) is 0 Å². The van der Waals surface area contributed by atoms with Crippen LogP contribution in [0.15, 0.2) is 164 Å². The van der Waals surface area contributed by atoms with Gasteiger partial charge in [0.25, 0.3) is 0 Å². The van der Waals surface area contributed by atoms with Gasteiger partial charge in [0.2, 0.25) is 0 Å². The van der Waals surface area contributed by atoms with Crippen molar-refractivity contribution in [1.82, 2.24) is 0 Å². The fourth-order valence-corrected chi connectivity index (χ4v) is 8.05. The molecule has 9 aromatic rings. The molecule has 0 radical (unpaired) electrons. The highest BCUT2D eigenvalue weighted by molar-refractivity contribution is 7.26. The first-order valence-electron chi connectivity index (χ1n) is 16.7. The van der Waals surface area contributed by atoms with Crippen molar-refractivity contribution < 1.29 is 0 Å². The minimum absolute atomic E-state index is 0.648. The summed E-state index contributed by atoms with van der Waals surface area (Å²) in [6.45, 7) is 2.20. The molecule has 1 aromatic heterocycles. The monoisotopic (exact) mass is 648 g/mol. The Labute approximate surface area is 290 Å². The highest BCUT2D eigenvalue weighted by Gasteiger charge is 2.13. The van der Waals surface area contributed by atoms with Crippen LogP contribution in [-0.4, -0.2) is 0 Å². The maximum absolute atomic E-state index is 6.40. The first kappa shape index (κ1) is 30.4. The van der Waals surface area contributed by atoms with Gasteiger partial charge in [0.15, 0.2) is 0 Å². The summed E-state index contributed by atoms with van der Waals surface area (Å²) in [5, 5.41) is 6.98. The fourth-order valence-electron chi connectivity index (χ4n) is 6.81. The Morgan fingerprint density at radius 1 is 0.408 bits per heavy atom. The Bertz CT molecular complexity index is 2480. The topological polar surface area (TPSA) is 52.0 Å². The van der Waals surface area contributed by atoms with Crippen LogP contribution < -0.4 is 11.5 Å². The van der Waals surface area contributed by atoms with Gasteiger partial charge in [0.05, 0.1) is 11.4 Å². The van der Waals surface area contributed by atoms with Gasteiger partial charge in [-0.25, -0.2) is 0 Å². The summed E-state index contributed by atoms with van der Waals surface area (Å²) in [5.41, 5.74) is 22.8. The average Bonchev–Trinajstić information content (AvgIpc) is 3.57. The van der Waals surface area contributed by atoms with E-state index in [1.807, 2.05) is 23.5 Å². The van der Waals surface area contributed by atoms with E-state index < -0.39 is 0 Å². The van der Waals surface area contributed by atoms with Crippen LogP contribution >= 0.6 is 11.3 Å². The lowest BCUT2D eigenvalue weighted by atomic mass is 9.93. The molecular weight excluding hydrogens is 613 g/mol. The molecule has 0 fully saturated rings. The second-order valence-electron chi connectivity index (χ2n) is 12.4. The molecule has 2 nitrogen and oxygen atoms in total. The van der Waals surface area contributed by atoms with E-state index in [0.29, 0.717) is 11.4 Å². The van der Waals surface area contributed by atoms with Gasteiger partial charge in [0, 0.05) is 30.9 Å². The molecule has 9 rings (SSSR count). The Balaban J connectivity index is 0.000000148. The van der Waals surface area contributed by atoms with Crippen molar-refractivity contribution in [2.24, 2.45) is 0 Å². The summed E-state index contributed by atoms with van der Waals surface area (Å²) in [6, 6.07) is 57.9. The van der Waals surface area contributed by atoms with E-state index in [-0.39, 0.29) is 0 Å². The molecule has 0 aliphatic heterocycles. The van der Waals surface area contributed by atoms with Gasteiger partial charge in [-0.1, -0.05) is 153 Å². The molecule has 0 amide bonds. The van der Waals surface area contributed by atoms with Gasteiger partial charge in [-0.05, 0) is 74.3 Å². The van der Waals surface area contributed by atoms with Gasteiger partial charge >= 0.3 is 0 Å². The Morgan fingerprint density at radius 2 is 0.918 bits per heavy atom. The molecule has 0 saturated heterocycles. The maximum atomic E-state index is 6.40. The Hall–Kier alpha value is -5.90. The van der Waals surface area contributed by atoms with Crippen molar-refractivity contribution in [3.05, 3.63) is 169 Å². The van der Waals surface area contributed by atoms with Crippen molar-refractivity contribution in [3.63, 3.8) is 0 Å². The number of aryl methyl sites for hydroxylation is 1. The number of anilines is 2. The summed E-state index contributed by atoms with van der Waals surface area (Å²) in [5.74, 6) is 0. The van der Waals surface area contributed by atoms with Crippen LogP contribution in [-0.2, 0) is 6.42 Å². The zero-order valence-electron chi connectivity index (χ0n) is 27.4. The number of thiophene rings is 1. The summed E-state index contributed by atoms with van der Waals surface area (Å²) in [4.78, 5) is 0. The third-order valence-electron chi connectivity index (χ3n) is 9.49. The van der Waals surface area contributed by atoms with Crippen LogP contribution in [0.1, 0.15) is 12.5 Å². The van der Waals surface area contributed by atoms with E-state index in [0.717, 1.165) is 28.0 Å². The van der Waals surface area contributed by atoms with Gasteiger partial charge in [0.1, 0.15) is 0 Å². The lowest BCUT2D eigenvalue weighted by Crippen LogP contribution is -1.98. The molecular formula is C46H36N2S. The highest BCUT2D eigenvalue weighted by atomic mass is 32.1. The molecule has 0 aliphatic carbocycles. The molecule has 8 aromatic carbocycles. The third-order valence-corrected chi connectivity index (χ3v) is 10.7. The smallest absolute Gasteiger partial charge is 0.0634 e. The number of fused-ring (bicyclic) bond motifs is 6. The molecule has 0 saturated carbocycles. The van der Waals surface area contributed by atoms with E-state index in [2.05, 4.69) is 159 Å². The van der Waals surface area contributed by atoms with Crippen molar-refractivity contribution in [2.45, 2.75) is 13.3 Å². The van der Waals surface area contributed by atoms with Crippen molar-refractivity contribution >= 4 is 64.4 Å². The zero-order valence-corrected chi connectivity index (χ0v) is 28.2. The summed E-state index contributed by atoms with van der Waals surface area (Å²) >= 11 is 1.89. The van der Waals surface area contributed by atoms with E-state index in [1.165, 1.54) is 59.1 Å². The number of benzene rings is 8. The lowest BCUT2D eigenvalue weighted by molar-refractivity contribution is 1.14. The fraction of sp³-hybridized carbons (Fsp3) is 0.0435. The molecule has 0 spiro atoms. The Morgan fingerprint density at radius 3 is 1.49 bits per heavy atom. The van der Waals surface area contributed by atoms with Gasteiger partial charge in [-0.15, -0.1) is 11.3 Å². The molecule has 0 unspecified atom stereocenters. The molecule has 0 atom stereocenters. The second-order valence-corrected chi connectivity index (χ2v) is 13.5. The number of nitrogen functional groups attached to an aromatic ring is 2. The Kier molecular flexibility index (Phi) is 8.04. The van der Waals surface area contributed by atoms with Crippen molar-refractivity contribution in [3.8, 4) is 33.4 Å². The van der Waals surface area contributed by atoms with Crippen LogP contribution in [0.5, 0.6) is 0 Å². The second kappa shape index (κ2) is 13.0. The first-order chi connectivity index (χ1) is 24.1. The van der Waals surface area contributed by atoms with E-state index in [4.69, 9.17) is 11.5 Å². The van der Waals surface area contributed by atoms with Gasteiger partial charge in [-0.2, -0.15) is 0 Å². The largest absolute Gasteiger partial charge is 0.397 e. The minimum Gasteiger partial charge on any atom is -0.397 e. The number of rotatable bonds is 4. The standard InChI is InChI=1S/C26H20N2.C20H16S/c27-25-21-13-11-19(17-7-3-1-4-8-17)15-23(21)24-16-20(12-14-22(24)26(25)28)18-9-5-2-6-10-18;1-2-14-10-12-15(13-11-14)16-7-5-8-18-17-6-3-4-9-19(17)21-20(16)18/h1-16H,27-28H2;3-13H,2H2,1H3. The van der Waals surface area contributed by atoms with Crippen LogP contribution in [0.4, 0.5) is 11.4 Å². The van der Waals surface area contributed by atoms with Crippen molar-refractivity contribution in [1.29, 1.82) is 0 Å². The zero-order chi connectivity index (χ0) is 33.3. The van der Waals surface area contributed by atoms with Crippen LogP contribution in [0.25, 0.3) is 75.1 Å². The quantitative estimate of drug-likeness (QED) is 0.113. The summed E-state index contributed by atoms with van der Waals surface area (Å²) in [6.07, 6.45) is 1.09. The van der Waals surface area contributed by atoms with E-state index in [1.54, 1.807) is 0 Å². The predicted molar refractivity (Wildman–Crippen MR) is 215 cm³/mol. The van der Waals surface area contributed by atoms with Crippen molar-refractivity contribution in [2.75, 3.05) is 11.5 Å². The number of nitrogens with two attached hydrogens (primary N) is 2. The minimum atomic E-state index is 0.648. The van der Waals surface area contributed by atoms with Crippen LogP contribution in [0.2, 0.25) is 0 Å². The predicted octanol–water partition coefficient (Wildman–Crippen LogP) is 12.8. The van der Waals surface area contributed by atoms with Crippen LogP contribution in [0.3, 0.4) is 0 Å². The molecule has 3 heteroatoms. The SMILES string of the molecule is CCc1ccc(-c2cccc3c2sc2ccccc23)cc1.Nc1c(N)c2ccc(-c3ccccc3)cc2c2cc(-c3ccccc3)ccc12. The van der Waals surface area contributed by atoms with Gasteiger partial charge < -0.3 is 11.5 Å². The van der Waals surface area contributed by atoms with E-state index in [9.17, 15) is 0 Å². The molecule has 49 heavy (non-hydrogen) atoms. The number of hydrogen-bond donors (Lipinski definition) is 2. The molecule has 1 heterocycles. The third kappa shape index (κ3) is 5.69. The van der Waals surface area contributed by atoms with Crippen LogP contribution in [0, 0.1) is 0 Å². The molecule has 4 N–H and O–H groups in total. The molecule has 0 bridgehead atoms. The maximum Gasteiger partial charge on any atom is 0.0634 e. The average molecular weight is 649 g/mol. The first-order valence-corrected chi connectivity index (χ1v) is 17.6. The summed E-state index contributed by atoms with van der Waals surface area (Å²) in [7, 11) is 0. The number of hydrogen-bond acceptors (Lipinski definition) is 3. The normalized spacial score (nSPS) is 11.2. The lowest BCUT2D eigenvalue weighted by Gasteiger charge is -2.14. The van der Waals surface area contributed by atoms with E-state index >= 15 is 0 Å².